The van der Waals surface area contributed by atoms with Crippen LogP contribution in [0.25, 0.3) is 0 Å². The Morgan fingerprint density at radius 2 is 2.21 bits per heavy atom. The Hall–Kier alpha value is -1.85. The van der Waals surface area contributed by atoms with Crippen molar-refractivity contribution in [1.29, 1.82) is 0 Å². The lowest BCUT2D eigenvalue weighted by Gasteiger charge is -2.10. The van der Waals surface area contributed by atoms with E-state index < -0.39 is 5.97 Å². The zero-order valence-corrected chi connectivity index (χ0v) is 11.0. The summed E-state index contributed by atoms with van der Waals surface area (Å²) in [6.07, 6.45) is 6.19. The molecule has 2 N–H and O–H groups in total. The van der Waals surface area contributed by atoms with Crippen LogP contribution in [0.5, 0.6) is 0 Å². The van der Waals surface area contributed by atoms with Gasteiger partial charge >= 0.3 is 5.97 Å². The molecule has 19 heavy (non-hydrogen) atoms. The van der Waals surface area contributed by atoms with Crippen molar-refractivity contribution in [1.82, 2.24) is 15.1 Å². The predicted octanol–water partition coefficient (Wildman–Crippen LogP) is 0.580. The highest BCUT2D eigenvalue weighted by Gasteiger charge is 2.33. The normalized spacial score (nSPS) is 22.4. The average Bonchev–Trinajstić information content (AvgIpc) is 2.98. The van der Waals surface area contributed by atoms with E-state index in [2.05, 4.69) is 10.4 Å². The molecule has 1 amide bonds. The highest BCUT2D eigenvalue weighted by Crippen LogP contribution is 2.30. The van der Waals surface area contributed by atoms with E-state index in [0.717, 1.165) is 12.0 Å². The summed E-state index contributed by atoms with van der Waals surface area (Å²) in [5, 5.41) is 15.8. The van der Waals surface area contributed by atoms with Crippen molar-refractivity contribution in [2.75, 3.05) is 6.54 Å². The molecule has 0 aliphatic heterocycles. The minimum Gasteiger partial charge on any atom is -0.481 e. The number of hydrogen-bond donors (Lipinski definition) is 2. The summed E-state index contributed by atoms with van der Waals surface area (Å²) < 4.78 is 1.73. The standard InChI is InChI=1S/C13H19N3O3/c1-16-8-9(7-15-16)4-5-14-12(17)10-2-3-11(6-10)13(18)19/h7-8,10-11H,2-6H2,1H3,(H,14,17)(H,18,19)/t10-,11+/m0/s1. The zero-order chi connectivity index (χ0) is 13.8. The summed E-state index contributed by atoms with van der Waals surface area (Å²) >= 11 is 0. The molecule has 0 spiro atoms. The fourth-order valence-electron chi connectivity index (χ4n) is 2.52. The number of nitrogens with zero attached hydrogens (tertiary/aromatic N) is 2. The number of hydrogen-bond acceptors (Lipinski definition) is 3. The third kappa shape index (κ3) is 3.56. The molecular formula is C13H19N3O3. The van der Waals surface area contributed by atoms with Crippen LogP contribution in [-0.2, 0) is 23.1 Å². The molecule has 0 unspecified atom stereocenters. The zero-order valence-electron chi connectivity index (χ0n) is 11.0. The molecule has 2 atom stereocenters. The van der Waals surface area contributed by atoms with E-state index in [1.54, 1.807) is 10.9 Å². The SMILES string of the molecule is Cn1cc(CCNC(=O)[C@H]2CC[C@@H](C(=O)O)C2)cn1. The lowest BCUT2D eigenvalue weighted by molar-refractivity contribution is -0.141. The molecule has 0 radical (unpaired) electrons. The maximum atomic E-state index is 11.9. The lowest BCUT2D eigenvalue weighted by Crippen LogP contribution is -2.31. The molecule has 6 nitrogen and oxygen atoms in total. The molecule has 1 heterocycles. The van der Waals surface area contributed by atoms with Gasteiger partial charge < -0.3 is 10.4 Å². The Morgan fingerprint density at radius 3 is 2.79 bits per heavy atom. The number of carbonyl (C=O) groups excluding carboxylic acids is 1. The predicted molar refractivity (Wildman–Crippen MR) is 68.4 cm³/mol. The van der Waals surface area contributed by atoms with E-state index >= 15 is 0 Å². The van der Waals surface area contributed by atoms with Gasteiger partial charge in [-0.1, -0.05) is 0 Å². The van der Waals surface area contributed by atoms with E-state index in [9.17, 15) is 9.59 Å². The van der Waals surface area contributed by atoms with Crippen LogP contribution in [0.3, 0.4) is 0 Å². The molecule has 0 bridgehead atoms. The van der Waals surface area contributed by atoms with Crippen LogP contribution in [0.1, 0.15) is 24.8 Å². The van der Waals surface area contributed by atoms with Crippen molar-refractivity contribution < 1.29 is 14.7 Å². The van der Waals surface area contributed by atoms with Crippen LogP contribution in [0.2, 0.25) is 0 Å². The monoisotopic (exact) mass is 265 g/mol. The average molecular weight is 265 g/mol. The minimum atomic E-state index is -0.786. The Balaban J connectivity index is 1.72. The van der Waals surface area contributed by atoms with Gasteiger partial charge in [-0.25, -0.2) is 0 Å². The molecule has 104 valence electrons. The second-order valence-corrected chi connectivity index (χ2v) is 5.11. The molecule has 2 rings (SSSR count). The van der Waals surface area contributed by atoms with Crippen molar-refractivity contribution in [2.24, 2.45) is 18.9 Å². The van der Waals surface area contributed by atoms with Gasteiger partial charge in [0.2, 0.25) is 5.91 Å². The molecule has 1 aromatic rings. The number of nitrogens with one attached hydrogen (secondary N) is 1. The fraction of sp³-hybridized carbons (Fsp3) is 0.615. The van der Waals surface area contributed by atoms with Crippen LogP contribution >= 0.6 is 0 Å². The van der Waals surface area contributed by atoms with E-state index in [1.807, 2.05) is 13.2 Å². The van der Waals surface area contributed by atoms with Crippen molar-refractivity contribution in [3.05, 3.63) is 18.0 Å². The van der Waals surface area contributed by atoms with Crippen LogP contribution < -0.4 is 5.32 Å². The third-order valence-electron chi connectivity index (χ3n) is 3.62. The van der Waals surface area contributed by atoms with Gasteiger partial charge in [-0.3, -0.25) is 14.3 Å². The van der Waals surface area contributed by atoms with Gasteiger partial charge in [-0.05, 0) is 31.2 Å². The summed E-state index contributed by atoms with van der Waals surface area (Å²) in [4.78, 5) is 22.7. The van der Waals surface area contributed by atoms with Crippen LogP contribution in [0.15, 0.2) is 12.4 Å². The first-order chi connectivity index (χ1) is 9.06. The summed E-state index contributed by atoms with van der Waals surface area (Å²) in [5.41, 5.74) is 1.08. The van der Waals surface area contributed by atoms with Gasteiger partial charge in [0.05, 0.1) is 12.1 Å². The largest absolute Gasteiger partial charge is 0.481 e. The van der Waals surface area contributed by atoms with Crippen LogP contribution in [0.4, 0.5) is 0 Å². The fourth-order valence-corrected chi connectivity index (χ4v) is 2.52. The quantitative estimate of drug-likeness (QED) is 0.815. The Kier molecular flexibility index (Phi) is 4.19. The van der Waals surface area contributed by atoms with Crippen molar-refractivity contribution >= 4 is 11.9 Å². The number of carbonyl (C=O) groups is 2. The van der Waals surface area contributed by atoms with Crippen LogP contribution in [0, 0.1) is 11.8 Å². The van der Waals surface area contributed by atoms with Crippen LogP contribution in [-0.4, -0.2) is 33.3 Å². The van der Waals surface area contributed by atoms with Crippen molar-refractivity contribution in [3.63, 3.8) is 0 Å². The smallest absolute Gasteiger partial charge is 0.306 e. The number of amides is 1. The van der Waals surface area contributed by atoms with Gasteiger partial charge in [0.15, 0.2) is 0 Å². The van der Waals surface area contributed by atoms with E-state index in [0.29, 0.717) is 25.8 Å². The molecule has 6 heteroatoms. The first-order valence-corrected chi connectivity index (χ1v) is 6.54. The van der Waals surface area contributed by atoms with E-state index in [-0.39, 0.29) is 17.7 Å². The highest BCUT2D eigenvalue weighted by molar-refractivity contribution is 5.80. The second-order valence-electron chi connectivity index (χ2n) is 5.11. The summed E-state index contributed by atoms with van der Waals surface area (Å²) in [7, 11) is 1.85. The molecule has 0 aromatic carbocycles. The Labute approximate surface area is 111 Å². The van der Waals surface area contributed by atoms with Gasteiger partial charge in [0.25, 0.3) is 0 Å². The van der Waals surface area contributed by atoms with Gasteiger partial charge in [-0.2, -0.15) is 5.10 Å². The summed E-state index contributed by atoms with van der Waals surface area (Å²) in [5.74, 6) is -1.30. The molecule has 1 aliphatic carbocycles. The number of rotatable bonds is 5. The Morgan fingerprint density at radius 1 is 1.47 bits per heavy atom. The maximum Gasteiger partial charge on any atom is 0.306 e. The first kappa shape index (κ1) is 13.6. The number of aromatic nitrogens is 2. The van der Waals surface area contributed by atoms with Crippen molar-refractivity contribution in [2.45, 2.75) is 25.7 Å². The number of carboxylic acids is 1. The minimum absolute atomic E-state index is 0.0207. The van der Waals surface area contributed by atoms with Gasteiger partial charge in [0, 0.05) is 25.7 Å². The lowest BCUT2D eigenvalue weighted by atomic mass is 10.0. The third-order valence-corrected chi connectivity index (χ3v) is 3.62. The molecule has 0 saturated heterocycles. The highest BCUT2D eigenvalue weighted by atomic mass is 16.4. The maximum absolute atomic E-state index is 11.9. The molecule has 1 fully saturated rings. The van der Waals surface area contributed by atoms with Crippen molar-refractivity contribution in [3.8, 4) is 0 Å². The summed E-state index contributed by atoms with van der Waals surface area (Å²) in [6, 6.07) is 0. The van der Waals surface area contributed by atoms with E-state index in [1.165, 1.54) is 0 Å². The molecule has 1 aromatic heterocycles. The van der Waals surface area contributed by atoms with Gasteiger partial charge in [-0.15, -0.1) is 0 Å². The topological polar surface area (TPSA) is 84.2 Å². The number of aliphatic carboxylic acids is 1. The molecular weight excluding hydrogens is 246 g/mol. The van der Waals surface area contributed by atoms with Gasteiger partial charge in [0.1, 0.15) is 0 Å². The number of aryl methyl sites for hydroxylation is 1. The molecule has 1 saturated carbocycles. The first-order valence-electron chi connectivity index (χ1n) is 6.54. The molecule has 1 aliphatic rings. The number of carboxylic acid groups (broad SMARTS) is 1. The second kappa shape index (κ2) is 5.86. The Bertz CT molecular complexity index is 469. The van der Waals surface area contributed by atoms with E-state index in [4.69, 9.17) is 5.11 Å². The summed E-state index contributed by atoms with van der Waals surface area (Å²) in [6.45, 7) is 0.568.